The molecule has 1 aliphatic rings. The highest BCUT2D eigenvalue weighted by atomic mass is 15.4. The Morgan fingerprint density at radius 2 is 0.885 bits per heavy atom. The monoisotopic (exact) mass is 366 g/mol. The highest BCUT2D eigenvalue weighted by molar-refractivity contribution is 4.71. The molecule has 0 bridgehead atoms. The number of hydrogen-bond donors (Lipinski definition) is 2. The van der Waals surface area contributed by atoms with Crippen LogP contribution in [0.3, 0.4) is 0 Å². The van der Waals surface area contributed by atoms with Gasteiger partial charge in [0.25, 0.3) is 0 Å². The molecule has 1 aliphatic heterocycles. The van der Waals surface area contributed by atoms with Crippen molar-refractivity contribution in [1.29, 1.82) is 0 Å². The lowest BCUT2D eigenvalue weighted by Gasteiger charge is -2.26. The SMILES string of the molecule is CCCCCCCC1CCCCCCCCC(CCCCCCC)NN1. The van der Waals surface area contributed by atoms with Crippen LogP contribution in [0.2, 0.25) is 0 Å². The van der Waals surface area contributed by atoms with Gasteiger partial charge in [0.2, 0.25) is 0 Å². The Balaban J connectivity index is 2.32. The largest absolute Gasteiger partial charge is 0.255 e. The fourth-order valence-electron chi connectivity index (χ4n) is 4.29. The van der Waals surface area contributed by atoms with Gasteiger partial charge in [-0.1, -0.05) is 117 Å². The number of hydrogen-bond acceptors (Lipinski definition) is 2. The average molecular weight is 367 g/mol. The molecular formula is C24H50N2. The van der Waals surface area contributed by atoms with Crippen LogP contribution in [0.1, 0.15) is 142 Å². The van der Waals surface area contributed by atoms with Gasteiger partial charge in [-0.05, 0) is 25.7 Å². The third-order valence-electron chi connectivity index (χ3n) is 6.16. The zero-order chi connectivity index (χ0) is 18.7. The summed E-state index contributed by atoms with van der Waals surface area (Å²) in [4.78, 5) is 0. The summed E-state index contributed by atoms with van der Waals surface area (Å²) in [6.45, 7) is 4.61. The summed E-state index contributed by atoms with van der Waals surface area (Å²) < 4.78 is 0. The molecule has 1 fully saturated rings. The Kier molecular flexibility index (Phi) is 16.9. The number of nitrogens with one attached hydrogen (secondary N) is 2. The molecule has 1 heterocycles. The van der Waals surface area contributed by atoms with Gasteiger partial charge in [-0.3, -0.25) is 10.9 Å². The van der Waals surface area contributed by atoms with E-state index in [0.29, 0.717) is 12.1 Å². The minimum atomic E-state index is 0.693. The molecule has 1 saturated heterocycles. The maximum atomic E-state index is 3.78. The summed E-state index contributed by atoms with van der Waals surface area (Å²) in [5, 5.41) is 0. The summed E-state index contributed by atoms with van der Waals surface area (Å²) >= 11 is 0. The van der Waals surface area contributed by atoms with Crippen LogP contribution in [0, 0.1) is 0 Å². The third-order valence-corrected chi connectivity index (χ3v) is 6.16. The topological polar surface area (TPSA) is 24.1 Å². The van der Waals surface area contributed by atoms with Gasteiger partial charge in [-0.25, -0.2) is 0 Å². The van der Waals surface area contributed by atoms with Crippen LogP contribution in [0.5, 0.6) is 0 Å². The summed E-state index contributed by atoms with van der Waals surface area (Å²) in [7, 11) is 0. The molecule has 2 heteroatoms. The quantitative estimate of drug-likeness (QED) is 0.346. The van der Waals surface area contributed by atoms with E-state index in [1.807, 2.05) is 0 Å². The van der Waals surface area contributed by atoms with E-state index >= 15 is 0 Å². The normalized spacial score (nSPS) is 23.3. The summed E-state index contributed by atoms with van der Waals surface area (Å²) in [6.07, 6.45) is 28.1. The summed E-state index contributed by atoms with van der Waals surface area (Å²) in [5.41, 5.74) is 7.56. The van der Waals surface area contributed by atoms with Crippen molar-refractivity contribution in [3.63, 3.8) is 0 Å². The van der Waals surface area contributed by atoms with Crippen molar-refractivity contribution in [2.45, 2.75) is 154 Å². The lowest BCUT2D eigenvalue weighted by atomic mass is 9.98. The van der Waals surface area contributed by atoms with Crippen molar-refractivity contribution in [2.24, 2.45) is 0 Å². The van der Waals surface area contributed by atoms with Gasteiger partial charge in [0.1, 0.15) is 0 Å². The lowest BCUT2D eigenvalue weighted by molar-refractivity contribution is 0.299. The fraction of sp³-hybridized carbons (Fsp3) is 1.00. The van der Waals surface area contributed by atoms with Crippen molar-refractivity contribution in [3.8, 4) is 0 Å². The van der Waals surface area contributed by atoms with Crippen LogP contribution < -0.4 is 10.9 Å². The second kappa shape index (κ2) is 18.3. The molecule has 2 atom stereocenters. The van der Waals surface area contributed by atoms with E-state index < -0.39 is 0 Å². The Bertz CT molecular complexity index is 251. The molecule has 0 amide bonds. The van der Waals surface area contributed by atoms with Crippen LogP contribution in [-0.4, -0.2) is 12.1 Å². The molecule has 1 rings (SSSR count). The Morgan fingerprint density at radius 1 is 0.500 bits per heavy atom. The van der Waals surface area contributed by atoms with Gasteiger partial charge >= 0.3 is 0 Å². The van der Waals surface area contributed by atoms with E-state index in [1.165, 1.54) is 128 Å². The highest BCUT2D eigenvalue weighted by Crippen LogP contribution is 2.17. The Hall–Kier alpha value is -0.0800. The van der Waals surface area contributed by atoms with E-state index in [0.717, 1.165) is 0 Å². The zero-order valence-corrected chi connectivity index (χ0v) is 18.3. The fourth-order valence-corrected chi connectivity index (χ4v) is 4.29. The van der Waals surface area contributed by atoms with Crippen molar-refractivity contribution < 1.29 is 0 Å². The minimum Gasteiger partial charge on any atom is -0.255 e. The average Bonchev–Trinajstić information content (AvgIpc) is 2.64. The van der Waals surface area contributed by atoms with Gasteiger partial charge < -0.3 is 0 Å². The molecule has 0 radical (unpaired) electrons. The van der Waals surface area contributed by atoms with Gasteiger partial charge in [0.05, 0.1) is 0 Å². The predicted octanol–water partition coefficient (Wildman–Crippen LogP) is 7.67. The molecule has 0 spiro atoms. The molecule has 0 saturated carbocycles. The third kappa shape index (κ3) is 14.0. The Morgan fingerprint density at radius 3 is 1.31 bits per heavy atom. The summed E-state index contributed by atoms with van der Waals surface area (Å²) in [6, 6.07) is 1.39. The van der Waals surface area contributed by atoms with E-state index in [1.54, 1.807) is 0 Å². The molecule has 0 aromatic carbocycles. The van der Waals surface area contributed by atoms with Crippen LogP contribution in [0.4, 0.5) is 0 Å². The predicted molar refractivity (Wildman–Crippen MR) is 118 cm³/mol. The van der Waals surface area contributed by atoms with E-state index in [-0.39, 0.29) is 0 Å². The molecule has 0 aromatic rings. The first kappa shape index (κ1) is 24.0. The minimum absolute atomic E-state index is 0.693. The van der Waals surface area contributed by atoms with Crippen molar-refractivity contribution in [1.82, 2.24) is 10.9 Å². The molecule has 0 aromatic heterocycles. The first-order valence-electron chi connectivity index (χ1n) is 12.4. The highest BCUT2D eigenvalue weighted by Gasteiger charge is 2.13. The molecule has 0 aliphatic carbocycles. The first-order valence-corrected chi connectivity index (χ1v) is 12.4. The number of hydrazine groups is 1. The smallest absolute Gasteiger partial charge is 0.0213 e. The molecule has 2 nitrogen and oxygen atoms in total. The molecule has 156 valence electrons. The Labute approximate surface area is 165 Å². The second-order valence-electron chi connectivity index (χ2n) is 8.79. The number of rotatable bonds is 12. The van der Waals surface area contributed by atoms with Crippen LogP contribution in [-0.2, 0) is 0 Å². The summed E-state index contributed by atoms with van der Waals surface area (Å²) in [5.74, 6) is 0. The molecule has 2 N–H and O–H groups in total. The van der Waals surface area contributed by atoms with Gasteiger partial charge in [-0.2, -0.15) is 0 Å². The van der Waals surface area contributed by atoms with Gasteiger partial charge in [0.15, 0.2) is 0 Å². The maximum absolute atomic E-state index is 3.78. The maximum Gasteiger partial charge on any atom is 0.0213 e. The standard InChI is InChI=1S/C24H50N2/c1-3-5-7-11-15-19-23-21-17-13-9-10-14-18-22-24(26-25-23)20-16-12-8-6-4-2/h23-26H,3-22H2,1-2H3. The van der Waals surface area contributed by atoms with Crippen molar-refractivity contribution in [2.75, 3.05) is 0 Å². The number of unbranched alkanes of at least 4 members (excludes halogenated alkanes) is 8. The van der Waals surface area contributed by atoms with Crippen LogP contribution in [0.15, 0.2) is 0 Å². The zero-order valence-electron chi connectivity index (χ0n) is 18.3. The molecule has 26 heavy (non-hydrogen) atoms. The van der Waals surface area contributed by atoms with E-state index in [2.05, 4.69) is 24.7 Å². The van der Waals surface area contributed by atoms with Gasteiger partial charge in [0, 0.05) is 12.1 Å². The van der Waals surface area contributed by atoms with Crippen molar-refractivity contribution in [3.05, 3.63) is 0 Å². The van der Waals surface area contributed by atoms with Crippen LogP contribution in [0.25, 0.3) is 0 Å². The van der Waals surface area contributed by atoms with Crippen molar-refractivity contribution >= 4 is 0 Å². The lowest BCUT2D eigenvalue weighted by Crippen LogP contribution is -2.46. The van der Waals surface area contributed by atoms with E-state index in [9.17, 15) is 0 Å². The van der Waals surface area contributed by atoms with Gasteiger partial charge in [-0.15, -0.1) is 0 Å². The van der Waals surface area contributed by atoms with E-state index in [4.69, 9.17) is 0 Å². The first-order chi connectivity index (χ1) is 12.9. The molecule has 2 unspecified atom stereocenters. The second-order valence-corrected chi connectivity index (χ2v) is 8.79. The molecular weight excluding hydrogens is 316 g/mol. The van der Waals surface area contributed by atoms with Crippen LogP contribution >= 0.6 is 0 Å².